The second kappa shape index (κ2) is 12.1. The highest BCUT2D eigenvalue weighted by molar-refractivity contribution is 7.91. The van der Waals surface area contributed by atoms with E-state index >= 15 is 0 Å². The third kappa shape index (κ3) is 6.47. The zero-order valence-corrected chi connectivity index (χ0v) is 25.2. The Bertz CT molecular complexity index is 2080. The number of nitrogens with one attached hydrogen (secondary N) is 2. The monoisotopic (exact) mass is 658 g/mol. The predicted molar refractivity (Wildman–Crippen MR) is 160 cm³/mol. The first-order valence-corrected chi connectivity index (χ1v) is 16.4. The lowest BCUT2D eigenvalue weighted by Gasteiger charge is -2.25. The molecule has 45 heavy (non-hydrogen) atoms. The van der Waals surface area contributed by atoms with Crippen molar-refractivity contribution in [2.45, 2.75) is 38.0 Å². The second-order valence-corrected chi connectivity index (χ2v) is 13.5. The fourth-order valence-corrected chi connectivity index (χ4v) is 8.34. The van der Waals surface area contributed by atoms with Crippen molar-refractivity contribution in [2.24, 2.45) is 0 Å². The highest BCUT2D eigenvalue weighted by Crippen LogP contribution is 2.34. The third-order valence-electron chi connectivity index (χ3n) is 7.34. The number of hydrogen-bond donors (Lipinski definition) is 2. The molecule has 2 aromatic heterocycles. The molecule has 4 heterocycles. The molecule has 12 nitrogen and oxygen atoms in total. The van der Waals surface area contributed by atoms with Crippen LogP contribution in [0.1, 0.15) is 31.2 Å². The van der Waals surface area contributed by atoms with Crippen LogP contribution < -0.4 is 18.1 Å². The zero-order valence-electron chi connectivity index (χ0n) is 23.5. The second-order valence-electron chi connectivity index (χ2n) is 10.2. The van der Waals surface area contributed by atoms with Crippen LogP contribution in [0.5, 0.6) is 0 Å². The molecule has 0 saturated carbocycles. The van der Waals surface area contributed by atoms with Gasteiger partial charge in [0.25, 0.3) is 0 Å². The first-order chi connectivity index (χ1) is 21.3. The lowest BCUT2D eigenvalue weighted by atomic mass is 10.1. The lowest BCUT2D eigenvalue weighted by molar-refractivity contribution is -0.137. The number of halogens is 3. The fourth-order valence-electron chi connectivity index (χ4n) is 5.31. The molecule has 0 bridgehead atoms. The van der Waals surface area contributed by atoms with E-state index in [1.807, 2.05) is 19.1 Å². The number of aromatic nitrogens is 2. The van der Waals surface area contributed by atoms with E-state index < -0.39 is 39.1 Å². The molecule has 4 aromatic rings. The van der Waals surface area contributed by atoms with E-state index in [0.29, 0.717) is 28.7 Å². The fraction of sp³-hybridized carbons (Fsp3) is 0.286. The number of nitriles is 2. The Morgan fingerprint density at radius 2 is 1.24 bits per heavy atom. The Morgan fingerprint density at radius 3 is 1.67 bits per heavy atom. The molecule has 0 unspecified atom stereocenters. The van der Waals surface area contributed by atoms with Crippen LogP contribution >= 0.6 is 0 Å². The van der Waals surface area contributed by atoms with E-state index in [2.05, 4.69) is 19.4 Å². The number of benzene rings is 2. The van der Waals surface area contributed by atoms with E-state index in [1.165, 1.54) is 28.7 Å². The number of nitrogens with zero attached hydrogens (tertiary/aromatic N) is 6. The van der Waals surface area contributed by atoms with Crippen LogP contribution in [0.25, 0.3) is 21.5 Å². The van der Waals surface area contributed by atoms with Crippen LogP contribution in [0, 0.1) is 22.7 Å². The van der Waals surface area contributed by atoms with Gasteiger partial charge in [0.05, 0.1) is 29.9 Å². The van der Waals surface area contributed by atoms with Gasteiger partial charge >= 0.3 is 26.6 Å². The van der Waals surface area contributed by atoms with Crippen molar-refractivity contribution in [3.8, 4) is 12.1 Å². The first-order valence-electron chi connectivity index (χ1n) is 13.5. The Hall–Kier alpha value is -4.55. The summed E-state index contributed by atoms with van der Waals surface area (Å²) in [5.41, 5.74) is 1.22. The van der Waals surface area contributed by atoms with Crippen molar-refractivity contribution in [1.29, 1.82) is 10.5 Å². The number of hydrogen-bond acceptors (Lipinski definition) is 8. The SMILES string of the molecule is CC[C@H]1CNS(=O)(=O)N1c1ccc2c(C#N)nccc2c1.N#Cc1nccc2cc(N3[C@H](CC(F)(F)F)CNS3(=O)=O)ccc12. The molecule has 17 heteroatoms. The summed E-state index contributed by atoms with van der Waals surface area (Å²) in [7, 11) is -7.53. The minimum atomic E-state index is -4.49. The lowest BCUT2D eigenvalue weighted by Crippen LogP contribution is -2.37. The van der Waals surface area contributed by atoms with Gasteiger partial charge in [-0.05, 0) is 65.7 Å². The molecular formula is C28H25F3N8O4S2. The maximum atomic E-state index is 12.7. The number of alkyl halides is 3. The van der Waals surface area contributed by atoms with Gasteiger partial charge in [0, 0.05) is 36.3 Å². The van der Waals surface area contributed by atoms with E-state index in [-0.39, 0.29) is 24.0 Å². The van der Waals surface area contributed by atoms with E-state index in [4.69, 9.17) is 10.5 Å². The van der Waals surface area contributed by atoms with Crippen LogP contribution in [0.15, 0.2) is 60.9 Å². The predicted octanol–water partition coefficient (Wildman–Crippen LogP) is 3.62. The summed E-state index contributed by atoms with van der Waals surface area (Å²) in [4.78, 5) is 7.90. The van der Waals surface area contributed by atoms with Crippen molar-refractivity contribution in [3.63, 3.8) is 0 Å². The maximum absolute atomic E-state index is 12.7. The van der Waals surface area contributed by atoms with Gasteiger partial charge in [-0.2, -0.15) is 50.0 Å². The van der Waals surface area contributed by atoms with Crippen molar-refractivity contribution in [2.75, 3.05) is 21.7 Å². The minimum absolute atomic E-state index is 0.0928. The molecule has 2 aliphatic heterocycles. The molecule has 2 atom stereocenters. The van der Waals surface area contributed by atoms with Gasteiger partial charge in [-0.25, -0.2) is 9.97 Å². The van der Waals surface area contributed by atoms with Gasteiger partial charge in [0.2, 0.25) is 0 Å². The van der Waals surface area contributed by atoms with E-state index in [0.717, 1.165) is 21.5 Å². The average Bonchev–Trinajstić information content (AvgIpc) is 3.48. The molecule has 2 N–H and O–H groups in total. The summed E-state index contributed by atoms with van der Waals surface area (Å²) in [6, 6.07) is 15.5. The van der Waals surface area contributed by atoms with Crippen molar-refractivity contribution >= 4 is 53.3 Å². The van der Waals surface area contributed by atoms with Gasteiger partial charge in [-0.3, -0.25) is 8.61 Å². The van der Waals surface area contributed by atoms with Gasteiger partial charge in [-0.1, -0.05) is 6.92 Å². The van der Waals surface area contributed by atoms with Gasteiger partial charge in [0.1, 0.15) is 23.5 Å². The van der Waals surface area contributed by atoms with Crippen molar-refractivity contribution in [1.82, 2.24) is 19.4 Å². The number of pyridine rings is 2. The van der Waals surface area contributed by atoms with Crippen LogP contribution in [0.2, 0.25) is 0 Å². The van der Waals surface area contributed by atoms with Gasteiger partial charge in [0.15, 0.2) is 0 Å². The summed E-state index contributed by atoms with van der Waals surface area (Å²) >= 11 is 0. The van der Waals surface area contributed by atoms with Crippen molar-refractivity contribution < 1.29 is 30.0 Å². The Balaban J connectivity index is 0.000000179. The molecule has 6 rings (SSSR count). The van der Waals surface area contributed by atoms with Crippen LogP contribution in [0.4, 0.5) is 24.5 Å². The highest BCUT2D eigenvalue weighted by Gasteiger charge is 2.43. The van der Waals surface area contributed by atoms with Crippen molar-refractivity contribution in [3.05, 3.63) is 72.3 Å². The summed E-state index contributed by atoms with van der Waals surface area (Å²) in [5, 5.41) is 20.6. The molecule has 0 spiro atoms. The summed E-state index contributed by atoms with van der Waals surface area (Å²) in [6.07, 6.45) is -2.08. The van der Waals surface area contributed by atoms with Crippen LogP contribution in [-0.4, -0.2) is 58.2 Å². The molecular weight excluding hydrogens is 633 g/mol. The zero-order chi connectivity index (χ0) is 32.6. The molecule has 2 aromatic carbocycles. The van der Waals surface area contributed by atoms with Crippen LogP contribution in [0.3, 0.4) is 0 Å². The Labute approximate surface area is 257 Å². The molecule has 2 fully saturated rings. The largest absolute Gasteiger partial charge is 0.391 e. The molecule has 234 valence electrons. The maximum Gasteiger partial charge on any atom is 0.391 e. The molecule has 0 aliphatic carbocycles. The molecule has 2 saturated heterocycles. The van der Waals surface area contributed by atoms with E-state index in [9.17, 15) is 30.0 Å². The summed E-state index contributed by atoms with van der Waals surface area (Å²) < 4.78 is 93.4. The first kappa shape index (κ1) is 31.9. The summed E-state index contributed by atoms with van der Waals surface area (Å²) in [6.45, 7) is 2.05. The quantitative estimate of drug-likeness (QED) is 0.335. The highest BCUT2D eigenvalue weighted by atomic mass is 32.2. The Kier molecular flexibility index (Phi) is 8.56. The standard InChI is InChI=1S/C14H11F3N4O2S.C14H14N4O2S/c15-14(16,17)6-11-8-20-24(22,23)21(11)10-1-2-12-9(5-10)3-4-19-13(12)7-18;1-2-11-9-17-21(19,20)18(11)12-3-4-13-10(7-12)5-6-16-14(13)8-15/h1-5,11,20H,6,8H2;3-7,11,17H,2,9H2,1H3/t2*11-/m10/s1. The van der Waals surface area contributed by atoms with Crippen LogP contribution in [-0.2, 0) is 20.4 Å². The number of rotatable bonds is 4. The molecule has 0 amide bonds. The number of fused-ring (bicyclic) bond motifs is 2. The minimum Gasteiger partial charge on any atom is -0.253 e. The third-order valence-corrected chi connectivity index (χ3v) is 10.5. The van der Waals surface area contributed by atoms with Gasteiger partial charge in [-0.15, -0.1) is 0 Å². The molecule has 0 radical (unpaired) electrons. The van der Waals surface area contributed by atoms with Gasteiger partial charge < -0.3 is 0 Å². The number of anilines is 2. The van der Waals surface area contributed by atoms with E-state index in [1.54, 1.807) is 36.5 Å². The average molecular weight is 659 g/mol. The Morgan fingerprint density at radius 1 is 0.800 bits per heavy atom. The topological polar surface area (TPSA) is 172 Å². The summed E-state index contributed by atoms with van der Waals surface area (Å²) in [5.74, 6) is 0. The molecule has 2 aliphatic rings. The normalized spacial score (nSPS) is 20.4. The smallest absolute Gasteiger partial charge is 0.253 e.